The van der Waals surface area contributed by atoms with E-state index in [4.69, 9.17) is 10.8 Å². The van der Waals surface area contributed by atoms with Crippen LogP contribution in [0.4, 0.5) is 0 Å². The standard InChI is InChI=1S/C43H39N2O.C17H22GeN.Ir/c1-25(2)34-23-28(43(5,6)7)24-35(26(3)4)40(34)45-37-18-11-10-17-36(37)44-42(45)33-16-12-15-32-39-31-20-19-27-13-8-9-14-29(27)30(31)21-22-38(39)46-41(32)33;1-13(2)15-11-17(14-9-7-6-8-10-14)19-12-16(15)18(3,4)5;/h8-15,17-26H,1-7H3;6-9,11-13H,1-5H3;/q2*-1;/i;13D;. The first kappa shape index (κ1) is 45.8. The van der Waals surface area contributed by atoms with Crippen LogP contribution in [0.3, 0.4) is 0 Å². The van der Waals surface area contributed by atoms with Crippen LogP contribution >= 0.6 is 0 Å². The van der Waals surface area contributed by atoms with Gasteiger partial charge in [-0.1, -0.05) is 126 Å². The number of hydrogen-bond acceptors (Lipinski definition) is 3. The first-order chi connectivity index (χ1) is 31.3. The number of nitrogens with zero attached hydrogens (tertiary/aromatic N) is 3. The van der Waals surface area contributed by atoms with Crippen LogP contribution in [0.25, 0.3) is 82.8 Å². The van der Waals surface area contributed by atoms with Gasteiger partial charge in [0.2, 0.25) is 0 Å². The zero-order chi connectivity index (χ0) is 46.9. The number of benzene rings is 7. The fourth-order valence-electron chi connectivity index (χ4n) is 9.33. The average molecular weight is 1110 g/mol. The second kappa shape index (κ2) is 18.4. The van der Waals surface area contributed by atoms with Crippen molar-refractivity contribution in [1.29, 1.82) is 0 Å². The van der Waals surface area contributed by atoms with E-state index in [2.05, 4.69) is 184 Å². The predicted octanol–water partition coefficient (Wildman–Crippen LogP) is 16.5. The number of pyridine rings is 1. The van der Waals surface area contributed by atoms with Crippen molar-refractivity contribution in [3.05, 3.63) is 168 Å². The molecule has 0 atom stereocenters. The molecule has 0 aliphatic carbocycles. The van der Waals surface area contributed by atoms with Crippen LogP contribution < -0.4 is 4.40 Å². The van der Waals surface area contributed by atoms with Gasteiger partial charge in [-0.25, -0.2) is 0 Å². The summed E-state index contributed by atoms with van der Waals surface area (Å²) in [4.78, 5) is 9.95. The predicted molar refractivity (Wildman–Crippen MR) is 280 cm³/mol. The fraction of sp³-hybridized carbons (Fsp3) is 0.267. The van der Waals surface area contributed by atoms with Crippen molar-refractivity contribution < 1.29 is 25.9 Å². The summed E-state index contributed by atoms with van der Waals surface area (Å²) in [7, 11) is 0. The van der Waals surface area contributed by atoms with Gasteiger partial charge < -0.3 is 8.98 Å². The van der Waals surface area contributed by atoms with E-state index >= 15 is 0 Å². The van der Waals surface area contributed by atoms with Crippen LogP contribution in [0.2, 0.25) is 17.3 Å². The molecule has 337 valence electrons. The van der Waals surface area contributed by atoms with Gasteiger partial charge in [0, 0.05) is 31.2 Å². The van der Waals surface area contributed by atoms with Crippen LogP contribution in [0.15, 0.2) is 138 Å². The van der Waals surface area contributed by atoms with Gasteiger partial charge in [0.25, 0.3) is 0 Å². The summed E-state index contributed by atoms with van der Waals surface area (Å²) in [6.45, 7) is 20.0. The molecular weight excluding hydrogens is 1040 g/mol. The van der Waals surface area contributed by atoms with Crippen molar-refractivity contribution in [2.45, 2.75) is 103 Å². The molecule has 0 amide bonds. The first-order valence-corrected chi connectivity index (χ1v) is 30.5. The summed E-state index contributed by atoms with van der Waals surface area (Å²) in [6.07, 6.45) is 2.00. The van der Waals surface area contributed by atoms with E-state index in [1.54, 1.807) is 0 Å². The smallest absolute Gasteiger partial charge is 0 e. The topological polar surface area (TPSA) is 43.9 Å². The van der Waals surface area contributed by atoms with Crippen LogP contribution in [0.5, 0.6) is 0 Å². The van der Waals surface area contributed by atoms with Gasteiger partial charge in [-0.2, -0.15) is 0 Å². The average Bonchev–Trinajstić information content (AvgIpc) is 3.87. The minimum Gasteiger partial charge on any atom is 0 e. The molecule has 7 aromatic carbocycles. The zero-order valence-electron chi connectivity index (χ0n) is 41.4. The van der Waals surface area contributed by atoms with E-state index < -0.39 is 19.2 Å². The Morgan fingerprint density at radius 3 is 2.03 bits per heavy atom. The van der Waals surface area contributed by atoms with Crippen molar-refractivity contribution in [1.82, 2.24) is 14.5 Å². The van der Waals surface area contributed by atoms with Crippen molar-refractivity contribution in [2.75, 3.05) is 0 Å². The fourth-order valence-corrected chi connectivity index (χ4v) is 12.7. The molecule has 0 spiro atoms. The van der Waals surface area contributed by atoms with E-state index in [9.17, 15) is 0 Å². The van der Waals surface area contributed by atoms with Gasteiger partial charge in [-0.15, -0.1) is 18.2 Å². The van der Waals surface area contributed by atoms with Crippen LogP contribution in [0, 0.1) is 12.1 Å². The Hall–Kier alpha value is -5.33. The minimum atomic E-state index is -2.03. The molecule has 0 aliphatic heterocycles. The molecule has 0 unspecified atom stereocenters. The summed E-state index contributed by atoms with van der Waals surface area (Å²) < 4.78 is 18.9. The Balaban J connectivity index is 0.000000244. The number of imidazole rings is 1. The maximum atomic E-state index is 8.44. The number of aromatic nitrogens is 3. The van der Waals surface area contributed by atoms with E-state index in [0.29, 0.717) is 11.8 Å². The molecule has 4 nitrogen and oxygen atoms in total. The Kier molecular flexibility index (Phi) is 12.8. The molecule has 66 heavy (non-hydrogen) atoms. The van der Waals surface area contributed by atoms with Crippen molar-refractivity contribution in [3.63, 3.8) is 0 Å². The molecule has 3 aromatic heterocycles. The molecule has 0 saturated carbocycles. The summed E-state index contributed by atoms with van der Waals surface area (Å²) in [6, 6.07) is 51.6. The summed E-state index contributed by atoms with van der Waals surface area (Å²) in [5.41, 5.74) is 12.9. The third-order valence-corrected chi connectivity index (χ3v) is 17.1. The van der Waals surface area contributed by atoms with Gasteiger partial charge >= 0.3 is 120 Å². The molecule has 0 N–H and O–H groups in total. The molecule has 0 bridgehead atoms. The SMILES string of the molecule is CC(C)c1cc(C(C)(C)C)cc(C(C)C)c1-n1c(-c2[c-]ccc3c2oc2ccc4c5ccccc5ccc4c23)nc2ccccc21.[2H]C(C)(C)c1cc(-c2[c-]cccc2)nc[c]1[Ge]([CH3])([CH3])[CH3].[Ir]. The van der Waals surface area contributed by atoms with Gasteiger partial charge in [0.1, 0.15) is 5.58 Å². The third-order valence-electron chi connectivity index (χ3n) is 12.8. The third kappa shape index (κ3) is 8.71. The van der Waals surface area contributed by atoms with Gasteiger partial charge in [-0.05, 0) is 73.7 Å². The Morgan fingerprint density at radius 2 is 1.36 bits per heavy atom. The van der Waals surface area contributed by atoms with Crippen molar-refractivity contribution in [2.24, 2.45) is 0 Å². The summed E-state index contributed by atoms with van der Waals surface area (Å²) in [5, 5.41) is 7.14. The monoisotopic (exact) mass is 1110 g/mol. The Labute approximate surface area is 409 Å². The molecule has 0 aliphatic rings. The Bertz CT molecular complexity index is 3410. The number of furan rings is 1. The van der Waals surface area contributed by atoms with Gasteiger partial charge in [-0.3, -0.25) is 4.98 Å². The molecule has 10 aromatic rings. The maximum Gasteiger partial charge on any atom is 0 e. The van der Waals surface area contributed by atoms with Crippen LogP contribution in [-0.2, 0) is 25.5 Å². The minimum absolute atomic E-state index is 0. The Morgan fingerprint density at radius 1 is 0.682 bits per heavy atom. The van der Waals surface area contributed by atoms with Crippen LogP contribution in [0.1, 0.15) is 104 Å². The number of hydrogen-bond donors (Lipinski definition) is 0. The molecule has 1 radical (unpaired) electrons. The normalized spacial score (nSPS) is 12.6. The van der Waals surface area contributed by atoms with Gasteiger partial charge in [0.15, 0.2) is 0 Å². The van der Waals surface area contributed by atoms with Crippen LogP contribution in [-0.4, -0.2) is 27.8 Å². The maximum absolute atomic E-state index is 8.44. The number of para-hydroxylation sites is 2. The molecule has 3 heterocycles. The van der Waals surface area contributed by atoms with Crippen molar-refractivity contribution in [3.8, 4) is 28.3 Å². The quantitative estimate of drug-likeness (QED) is 0.0907. The van der Waals surface area contributed by atoms with Gasteiger partial charge in [0.05, 0.1) is 22.4 Å². The second-order valence-corrected chi connectivity index (χ2v) is 31.1. The molecule has 6 heteroatoms. The summed E-state index contributed by atoms with van der Waals surface area (Å²) in [5.74, 6) is 7.93. The molecule has 0 fully saturated rings. The number of fused-ring (bicyclic) bond motifs is 8. The van der Waals surface area contributed by atoms with E-state index in [0.717, 1.165) is 61.2 Å². The molecular formula is C60H61GeIrN3O-2. The number of rotatable bonds is 7. The van der Waals surface area contributed by atoms with E-state index in [1.165, 1.54) is 48.3 Å². The molecule has 10 rings (SSSR count). The van der Waals surface area contributed by atoms with Crippen molar-refractivity contribution >= 4 is 72.2 Å². The van der Waals surface area contributed by atoms with E-state index in [-0.39, 0.29) is 25.5 Å². The zero-order valence-corrected chi connectivity index (χ0v) is 44.9. The first-order valence-electron chi connectivity index (χ1n) is 23.6. The second-order valence-electron chi connectivity index (χ2n) is 20.5. The van der Waals surface area contributed by atoms with E-state index in [1.807, 2.05) is 50.4 Å². The molecule has 0 saturated heterocycles. The largest absolute Gasteiger partial charge is 0 e. The summed E-state index contributed by atoms with van der Waals surface area (Å²) >= 11 is -2.03.